The molecule has 152 valence electrons. The molecule has 1 aliphatic rings. The van der Waals surface area contributed by atoms with Crippen LogP contribution in [0.3, 0.4) is 0 Å². The fraction of sp³-hybridized carbons (Fsp3) is 0.318. The number of benzene rings is 2. The van der Waals surface area contributed by atoms with Crippen molar-refractivity contribution in [3.8, 4) is 11.5 Å². The Bertz CT molecular complexity index is 921. The van der Waals surface area contributed by atoms with E-state index in [0.717, 1.165) is 11.3 Å². The van der Waals surface area contributed by atoms with E-state index in [1.165, 1.54) is 20.3 Å². The van der Waals surface area contributed by atoms with E-state index in [1.54, 1.807) is 17.0 Å². The van der Waals surface area contributed by atoms with E-state index in [4.69, 9.17) is 14.2 Å². The van der Waals surface area contributed by atoms with E-state index in [2.05, 4.69) is 0 Å². The van der Waals surface area contributed by atoms with E-state index in [9.17, 15) is 14.4 Å². The van der Waals surface area contributed by atoms with Crippen molar-refractivity contribution in [1.82, 2.24) is 0 Å². The topological polar surface area (TPSA) is 82.1 Å². The van der Waals surface area contributed by atoms with Gasteiger partial charge in [0.25, 0.3) is 0 Å². The molecule has 7 heteroatoms. The molecule has 2 aromatic rings. The lowest BCUT2D eigenvalue weighted by Gasteiger charge is -2.16. The number of hydrogen-bond acceptors (Lipinski definition) is 6. The minimum Gasteiger partial charge on any atom is -0.497 e. The van der Waals surface area contributed by atoms with Gasteiger partial charge in [0.15, 0.2) is 6.61 Å². The molecule has 0 unspecified atom stereocenters. The highest BCUT2D eigenvalue weighted by Crippen LogP contribution is 2.27. The maximum Gasteiger partial charge on any atom is 0.311 e. The van der Waals surface area contributed by atoms with Crippen LogP contribution in [0.25, 0.3) is 0 Å². The molecule has 2 aromatic carbocycles. The van der Waals surface area contributed by atoms with Gasteiger partial charge >= 0.3 is 5.97 Å². The zero-order chi connectivity index (χ0) is 21.0. The van der Waals surface area contributed by atoms with Crippen LogP contribution < -0.4 is 14.4 Å². The Morgan fingerprint density at radius 3 is 2.45 bits per heavy atom. The predicted molar refractivity (Wildman–Crippen MR) is 106 cm³/mol. The zero-order valence-corrected chi connectivity index (χ0v) is 16.6. The average molecular weight is 397 g/mol. The van der Waals surface area contributed by atoms with Crippen LogP contribution in [0, 0.1) is 12.8 Å². The summed E-state index contributed by atoms with van der Waals surface area (Å²) < 4.78 is 15.5. The number of ether oxygens (including phenoxy) is 3. The molecule has 1 heterocycles. The molecule has 1 aliphatic heterocycles. The molecular formula is C22H23NO6. The van der Waals surface area contributed by atoms with Gasteiger partial charge in [-0.3, -0.25) is 14.4 Å². The van der Waals surface area contributed by atoms with Gasteiger partial charge in [0.05, 0.1) is 25.7 Å². The van der Waals surface area contributed by atoms with Crippen LogP contribution in [-0.4, -0.2) is 45.0 Å². The van der Waals surface area contributed by atoms with Gasteiger partial charge in [-0.1, -0.05) is 17.7 Å². The van der Waals surface area contributed by atoms with Crippen LogP contribution in [0.2, 0.25) is 0 Å². The standard InChI is InChI=1S/C22H23NO6/c1-14-4-6-16(7-5-14)23-12-15(10-21(23)25)22(26)29-13-19(24)18-11-17(27-2)8-9-20(18)28-3/h4-9,11,15H,10,12-13H2,1-3H3/t15-/m1/s1. The Morgan fingerprint density at radius 1 is 1.07 bits per heavy atom. The molecule has 0 saturated carbocycles. The minimum atomic E-state index is -0.608. The first-order chi connectivity index (χ1) is 13.9. The predicted octanol–water partition coefficient (Wildman–Crippen LogP) is 2.79. The number of rotatable bonds is 7. The number of amides is 1. The van der Waals surface area contributed by atoms with E-state index >= 15 is 0 Å². The molecule has 0 aliphatic carbocycles. The van der Waals surface area contributed by atoms with Crippen molar-refractivity contribution in [3.63, 3.8) is 0 Å². The minimum absolute atomic E-state index is 0.0589. The largest absolute Gasteiger partial charge is 0.497 e. The molecule has 0 N–H and O–H groups in total. The number of nitrogens with zero attached hydrogens (tertiary/aromatic N) is 1. The number of methoxy groups -OCH3 is 2. The SMILES string of the molecule is COc1ccc(OC)c(C(=O)COC(=O)[C@@H]2CC(=O)N(c3ccc(C)cc3)C2)c1. The van der Waals surface area contributed by atoms with Crippen LogP contribution >= 0.6 is 0 Å². The summed E-state index contributed by atoms with van der Waals surface area (Å²) in [5.41, 5.74) is 2.10. The second-order valence-corrected chi connectivity index (χ2v) is 6.84. The van der Waals surface area contributed by atoms with Gasteiger partial charge in [0, 0.05) is 18.7 Å². The third kappa shape index (κ3) is 4.56. The molecule has 7 nitrogen and oxygen atoms in total. The van der Waals surface area contributed by atoms with Crippen molar-refractivity contribution in [2.45, 2.75) is 13.3 Å². The van der Waals surface area contributed by atoms with Gasteiger partial charge in [-0.05, 0) is 37.3 Å². The number of anilines is 1. The lowest BCUT2D eigenvalue weighted by atomic mass is 10.1. The number of Topliss-reactive ketones (excluding diaryl/α,β-unsaturated/α-hetero) is 1. The summed E-state index contributed by atoms with van der Waals surface area (Å²) in [6.45, 7) is 1.76. The quantitative estimate of drug-likeness (QED) is 0.528. The number of carbonyl (C=O) groups excluding carboxylic acids is 3. The van der Waals surface area contributed by atoms with Crippen LogP contribution in [0.5, 0.6) is 11.5 Å². The fourth-order valence-corrected chi connectivity index (χ4v) is 3.20. The van der Waals surface area contributed by atoms with Crippen molar-refractivity contribution >= 4 is 23.3 Å². The molecule has 1 saturated heterocycles. The second-order valence-electron chi connectivity index (χ2n) is 6.84. The van der Waals surface area contributed by atoms with Gasteiger partial charge < -0.3 is 19.1 Å². The van der Waals surface area contributed by atoms with Crippen LogP contribution in [0.4, 0.5) is 5.69 Å². The summed E-state index contributed by atoms with van der Waals surface area (Å²) in [4.78, 5) is 38.8. The number of aryl methyl sites for hydroxylation is 1. The lowest BCUT2D eigenvalue weighted by molar-refractivity contribution is -0.147. The van der Waals surface area contributed by atoms with E-state index < -0.39 is 24.3 Å². The molecule has 0 radical (unpaired) electrons. The van der Waals surface area contributed by atoms with Crippen LogP contribution in [0.15, 0.2) is 42.5 Å². The summed E-state index contributed by atoms with van der Waals surface area (Å²) in [6, 6.07) is 12.3. The first kappa shape index (κ1) is 20.4. The smallest absolute Gasteiger partial charge is 0.311 e. The second kappa shape index (κ2) is 8.77. The van der Waals surface area contributed by atoms with E-state index in [0.29, 0.717) is 11.5 Å². The van der Waals surface area contributed by atoms with Crippen molar-refractivity contribution in [2.24, 2.45) is 5.92 Å². The molecule has 1 atom stereocenters. The Kier molecular flexibility index (Phi) is 6.16. The molecular weight excluding hydrogens is 374 g/mol. The number of esters is 1. The van der Waals surface area contributed by atoms with Gasteiger partial charge in [-0.2, -0.15) is 0 Å². The average Bonchev–Trinajstić information content (AvgIpc) is 3.13. The molecule has 1 fully saturated rings. The summed E-state index contributed by atoms with van der Waals surface area (Å²) in [5.74, 6) is -0.860. The van der Waals surface area contributed by atoms with Gasteiger partial charge in [0.1, 0.15) is 11.5 Å². The zero-order valence-electron chi connectivity index (χ0n) is 16.6. The highest BCUT2D eigenvalue weighted by atomic mass is 16.5. The van der Waals surface area contributed by atoms with E-state index in [1.807, 2.05) is 31.2 Å². The molecule has 0 aromatic heterocycles. The van der Waals surface area contributed by atoms with Crippen molar-refractivity contribution < 1.29 is 28.6 Å². The van der Waals surface area contributed by atoms with Gasteiger partial charge in [0.2, 0.25) is 11.7 Å². The first-order valence-corrected chi connectivity index (χ1v) is 9.22. The summed E-state index contributed by atoms with van der Waals surface area (Å²) in [7, 11) is 2.95. The lowest BCUT2D eigenvalue weighted by Crippen LogP contribution is -2.27. The maximum absolute atomic E-state index is 12.5. The first-order valence-electron chi connectivity index (χ1n) is 9.22. The fourth-order valence-electron chi connectivity index (χ4n) is 3.20. The molecule has 0 bridgehead atoms. The molecule has 29 heavy (non-hydrogen) atoms. The summed E-state index contributed by atoms with van der Waals surface area (Å²) in [6.07, 6.45) is 0.0589. The monoisotopic (exact) mass is 397 g/mol. The number of hydrogen-bond donors (Lipinski definition) is 0. The van der Waals surface area contributed by atoms with Gasteiger partial charge in [-0.15, -0.1) is 0 Å². The third-order valence-corrected chi connectivity index (χ3v) is 4.86. The van der Waals surface area contributed by atoms with Crippen molar-refractivity contribution in [3.05, 3.63) is 53.6 Å². The number of carbonyl (C=O) groups is 3. The van der Waals surface area contributed by atoms with Crippen molar-refractivity contribution in [1.29, 1.82) is 0 Å². The summed E-state index contributed by atoms with van der Waals surface area (Å²) in [5, 5.41) is 0. The Hall–Kier alpha value is -3.35. The molecule has 3 rings (SSSR count). The maximum atomic E-state index is 12.5. The Balaban J connectivity index is 1.62. The molecule has 0 spiro atoms. The normalized spacial score (nSPS) is 15.9. The Morgan fingerprint density at radius 2 is 1.79 bits per heavy atom. The summed E-state index contributed by atoms with van der Waals surface area (Å²) >= 11 is 0. The number of ketones is 1. The molecule has 1 amide bonds. The van der Waals surface area contributed by atoms with Crippen LogP contribution in [0.1, 0.15) is 22.3 Å². The third-order valence-electron chi connectivity index (χ3n) is 4.86. The van der Waals surface area contributed by atoms with Crippen LogP contribution in [-0.2, 0) is 14.3 Å². The van der Waals surface area contributed by atoms with E-state index in [-0.39, 0.29) is 24.4 Å². The van der Waals surface area contributed by atoms with Gasteiger partial charge in [-0.25, -0.2) is 0 Å². The highest BCUT2D eigenvalue weighted by molar-refractivity contribution is 6.02. The highest BCUT2D eigenvalue weighted by Gasteiger charge is 2.36. The Labute approximate surface area is 169 Å². The van der Waals surface area contributed by atoms with Crippen molar-refractivity contribution in [2.75, 3.05) is 32.3 Å².